The number of amides is 2. The van der Waals surface area contributed by atoms with E-state index in [2.05, 4.69) is 20.5 Å². The Morgan fingerprint density at radius 3 is 2.55 bits per heavy atom. The van der Waals surface area contributed by atoms with Crippen LogP contribution in [0.1, 0.15) is 40.0 Å². The van der Waals surface area contributed by atoms with E-state index in [1.165, 1.54) is 37.8 Å². The van der Waals surface area contributed by atoms with Gasteiger partial charge in [0.25, 0.3) is 11.8 Å². The number of nitrogens with zero attached hydrogens (tertiary/aromatic N) is 3. The first kappa shape index (κ1) is 27.2. The molecule has 0 spiro atoms. The molecule has 15 heteroatoms. The third-order valence-corrected chi connectivity index (χ3v) is 9.58. The molecule has 222 valence electrons. The van der Waals surface area contributed by atoms with Gasteiger partial charge in [-0.3, -0.25) is 9.59 Å². The fraction of sp³-hybridized carbons (Fsp3) is 0.481. The molecule has 4 saturated heterocycles. The first-order chi connectivity index (χ1) is 20.1. The van der Waals surface area contributed by atoms with Crippen LogP contribution in [0.5, 0.6) is 11.6 Å². The SMILES string of the molecule is COc1cc(C(=O)NC23COC(C(F)(F)F)(C2)C3)c(NC(=O)c2c(OC)ccc3nc(N4C5COCC4C5)sc23)cn1. The summed E-state index contributed by atoms with van der Waals surface area (Å²) in [5.74, 6) is -0.853. The lowest BCUT2D eigenvalue weighted by Gasteiger charge is -2.52. The minimum Gasteiger partial charge on any atom is -0.496 e. The number of fused-ring (bicyclic) bond motifs is 4. The average molecular weight is 606 g/mol. The molecule has 5 aliphatic rings. The molecule has 5 fully saturated rings. The van der Waals surface area contributed by atoms with Crippen LogP contribution in [0.2, 0.25) is 0 Å². The third kappa shape index (κ3) is 4.08. The van der Waals surface area contributed by atoms with Crippen LogP contribution in [0.15, 0.2) is 24.4 Å². The minimum absolute atomic E-state index is 0.0227. The number of thiazole rings is 1. The van der Waals surface area contributed by atoms with E-state index in [0.29, 0.717) is 29.2 Å². The molecule has 11 nitrogen and oxygen atoms in total. The lowest BCUT2D eigenvalue weighted by atomic mass is 9.68. The van der Waals surface area contributed by atoms with Crippen molar-refractivity contribution in [2.45, 2.75) is 48.7 Å². The van der Waals surface area contributed by atoms with Gasteiger partial charge in [0.15, 0.2) is 10.7 Å². The summed E-state index contributed by atoms with van der Waals surface area (Å²) in [5.41, 5.74) is -2.51. The van der Waals surface area contributed by atoms with Gasteiger partial charge in [-0.25, -0.2) is 9.97 Å². The molecule has 2 amide bonds. The van der Waals surface area contributed by atoms with Crippen LogP contribution in [0.4, 0.5) is 24.0 Å². The second-order valence-electron chi connectivity index (χ2n) is 11.1. The van der Waals surface area contributed by atoms with Gasteiger partial charge in [-0.05, 0) is 18.6 Å². The fourth-order valence-corrected chi connectivity index (χ4v) is 7.61. The van der Waals surface area contributed by atoms with E-state index in [1.54, 1.807) is 12.1 Å². The molecule has 1 aromatic carbocycles. The Morgan fingerprint density at radius 2 is 1.90 bits per heavy atom. The number of halogens is 3. The first-order valence-electron chi connectivity index (χ1n) is 13.3. The number of carbonyl (C=O) groups excluding carboxylic acids is 2. The lowest BCUT2D eigenvalue weighted by Crippen LogP contribution is -2.64. The van der Waals surface area contributed by atoms with Crippen LogP contribution < -0.4 is 25.0 Å². The number of rotatable bonds is 7. The van der Waals surface area contributed by atoms with Gasteiger partial charge in [-0.1, -0.05) is 11.3 Å². The summed E-state index contributed by atoms with van der Waals surface area (Å²) in [6, 6.07) is 5.25. The second-order valence-corrected chi connectivity index (χ2v) is 12.0. The number of nitrogens with one attached hydrogen (secondary N) is 2. The monoisotopic (exact) mass is 605 g/mol. The van der Waals surface area contributed by atoms with Gasteiger partial charge in [0.2, 0.25) is 5.88 Å². The minimum atomic E-state index is -4.53. The van der Waals surface area contributed by atoms with Gasteiger partial charge in [0.05, 0.1) is 79.3 Å². The Balaban J connectivity index is 1.17. The molecule has 2 N–H and O–H groups in total. The van der Waals surface area contributed by atoms with Crippen LogP contribution in [0.25, 0.3) is 10.2 Å². The molecule has 42 heavy (non-hydrogen) atoms. The average Bonchev–Trinajstić information content (AvgIpc) is 3.65. The number of morpholine rings is 1. The molecule has 4 bridgehead atoms. The molecule has 4 aliphatic heterocycles. The number of anilines is 2. The summed E-state index contributed by atoms with van der Waals surface area (Å²) in [6.07, 6.45) is -2.99. The summed E-state index contributed by atoms with van der Waals surface area (Å²) in [7, 11) is 2.81. The predicted molar refractivity (Wildman–Crippen MR) is 145 cm³/mol. The van der Waals surface area contributed by atoms with Gasteiger partial charge in [0, 0.05) is 18.9 Å². The van der Waals surface area contributed by atoms with E-state index in [1.807, 2.05) is 0 Å². The van der Waals surface area contributed by atoms with Crippen molar-refractivity contribution < 1.29 is 41.7 Å². The highest BCUT2D eigenvalue weighted by Crippen LogP contribution is 2.59. The van der Waals surface area contributed by atoms with Gasteiger partial charge in [0.1, 0.15) is 11.3 Å². The van der Waals surface area contributed by atoms with Crippen molar-refractivity contribution in [2.24, 2.45) is 0 Å². The van der Waals surface area contributed by atoms with Gasteiger partial charge in [-0.2, -0.15) is 13.2 Å². The van der Waals surface area contributed by atoms with Gasteiger partial charge >= 0.3 is 6.18 Å². The van der Waals surface area contributed by atoms with Crippen molar-refractivity contribution >= 4 is 44.2 Å². The first-order valence-corrected chi connectivity index (χ1v) is 14.1. The van der Waals surface area contributed by atoms with E-state index in [4.69, 9.17) is 23.9 Å². The molecule has 1 saturated carbocycles. The molecular weight excluding hydrogens is 579 g/mol. The molecule has 2 aromatic heterocycles. The molecule has 2 unspecified atom stereocenters. The van der Waals surface area contributed by atoms with Gasteiger partial charge in [-0.15, -0.1) is 0 Å². The Kier molecular flexibility index (Phi) is 6.08. The fourth-order valence-electron chi connectivity index (χ4n) is 6.37. The number of methoxy groups -OCH3 is 2. The summed E-state index contributed by atoms with van der Waals surface area (Å²) in [6.45, 7) is 0.992. The van der Waals surface area contributed by atoms with E-state index in [9.17, 15) is 22.8 Å². The van der Waals surface area contributed by atoms with E-state index in [0.717, 1.165) is 11.6 Å². The predicted octanol–water partition coefficient (Wildman–Crippen LogP) is 3.53. The zero-order chi connectivity index (χ0) is 29.4. The summed E-state index contributed by atoms with van der Waals surface area (Å²) in [5, 5.41) is 6.23. The highest BCUT2D eigenvalue weighted by atomic mass is 32.1. The zero-order valence-corrected chi connectivity index (χ0v) is 23.4. The van der Waals surface area contributed by atoms with E-state index < -0.39 is 29.1 Å². The number of pyridine rings is 1. The van der Waals surface area contributed by atoms with Crippen molar-refractivity contribution in [3.05, 3.63) is 35.5 Å². The normalized spacial score (nSPS) is 27.7. The van der Waals surface area contributed by atoms with Crippen LogP contribution in [0, 0.1) is 0 Å². The molecule has 3 aromatic rings. The number of aromatic nitrogens is 2. The molecule has 0 radical (unpaired) electrons. The maximum absolute atomic E-state index is 13.8. The van der Waals surface area contributed by atoms with E-state index in [-0.39, 0.29) is 54.2 Å². The zero-order valence-electron chi connectivity index (χ0n) is 22.5. The Labute approximate surface area is 241 Å². The van der Waals surface area contributed by atoms with Crippen molar-refractivity contribution in [3.63, 3.8) is 0 Å². The largest absolute Gasteiger partial charge is 0.496 e. The molecule has 1 aliphatic carbocycles. The molecular formula is C27H26F3N5O6S. The van der Waals surface area contributed by atoms with Crippen molar-refractivity contribution in [2.75, 3.05) is 44.3 Å². The Bertz CT molecular complexity index is 1590. The second kappa shape index (κ2) is 9.41. The smallest absolute Gasteiger partial charge is 0.417 e. The molecule has 6 heterocycles. The Hall–Kier alpha value is -3.69. The van der Waals surface area contributed by atoms with E-state index >= 15 is 0 Å². The van der Waals surface area contributed by atoms with Crippen LogP contribution >= 0.6 is 11.3 Å². The number of carbonyl (C=O) groups is 2. The standard InChI is InChI=1S/C27H26F3N5O6S/c1-38-18-4-3-16-21(42-24(33-16)35-13-5-14(35)9-40-8-13)20(18)23(37)32-17-7-31-19(39-2)6-15(17)22(36)34-25-10-26(11-25,41-12-25)27(28,29)30/h3-4,6-7,13-14H,5,8-12H2,1-2H3,(H,32,37)(H,34,36). The van der Waals surface area contributed by atoms with Crippen molar-refractivity contribution in [3.8, 4) is 11.6 Å². The maximum Gasteiger partial charge on any atom is 0.417 e. The Morgan fingerprint density at radius 1 is 1.14 bits per heavy atom. The van der Waals surface area contributed by atoms with Crippen LogP contribution in [-0.4, -0.2) is 85.2 Å². The van der Waals surface area contributed by atoms with Crippen LogP contribution in [-0.2, 0) is 9.47 Å². The topological polar surface area (TPSA) is 124 Å². The summed E-state index contributed by atoms with van der Waals surface area (Å²) in [4.78, 5) is 38.3. The molecule has 8 rings (SSSR count). The van der Waals surface area contributed by atoms with Gasteiger partial charge < -0.3 is 34.5 Å². The summed E-state index contributed by atoms with van der Waals surface area (Å²) >= 11 is 1.37. The number of hydrogen-bond donors (Lipinski definition) is 2. The lowest BCUT2D eigenvalue weighted by molar-refractivity contribution is -0.273. The quantitative estimate of drug-likeness (QED) is 0.416. The maximum atomic E-state index is 13.8. The number of alkyl halides is 3. The van der Waals surface area contributed by atoms with Crippen molar-refractivity contribution in [1.29, 1.82) is 0 Å². The highest BCUT2D eigenvalue weighted by molar-refractivity contribution is 7.22. The molecule has 2 atom stereocenters. The number of hydrogen-bond acceptors (Lipinski definition) is 10. The number of ether oxygens (including phenoxy) is 4. The van der Waals surface area contributed by atoms with Crippen LogP contribution in [0.3, 0.4) is 0 Å². The van der Waals surface area contributed by atoms with Crippen molar-refractivity contribution in [1.82, 2.24) is 15.3 Å². The number of benzene rings is 1. The highest BCUT2D eigenvalue weighted by Gasteiger charge is 2.74. The third-order valence-electron chi connectivity index (χ3n) is 8.48. The summed E-state index contributed by atoms with van der Waals surface area (Å²) < 4.78 is 62.3.